The highest BCUT2D eigenvalue weighted by molar-refractivity contribution is 5.92. The number of nitrogens with two attached hydrogens (primary N) is 1. The summed E-state index contributed by atoms with van der Waals surface area (Å²) in [5.41, 5.74) is 9.66. The Kier molecular flexibility index (Phi) is 5.31. The predicted octanol–water partition coefficient (Wildman–Crippen LogP) is 1.93. The molecule has 0 radical (unpaired) electrons. The SMILES string of the molecule is CC(=O)N(C)CCC#Cc1cccc(-n2nc(C(N)=O)c3c2C[C@@H](C)C3)c1. The third kappa shape index (κ3) is 4.03. The minimum atomic E-state index is -0.482. The van der Waals surface area contributed by atoms with E-state index in [9.17, 15) is 9.59 Å². The second kappa shape index (κ2) is 7.67. The van der Waals surface area contributed by atoms with E-state index >= 15 is 0 Å². The van der Waals surface area contributed by atoms with Gasteiger partial charge in [-0.1, -0.05) is 24.8 Å². The molecule has 1 aromatic carbocycles. The standard InChI is InChI=1S/C21H24N4O2/c1-14-11-18-19(12-14)25(23-20(18)21(22)27)17-9-6-8-16(13-17)7-4-5-10-24(3)15(2)26/h6,8-9,13-14H,5,10-12H2,1-3H3,(H2,22,27)/t14-/m0/s1. The van der Waals surface area contributed by atoms with Gasteiger partial charge < -0.3 is 10.6 Å². The highest BCUT2D eigenvalue weighted by Crippen LogP contribution is 2.31. The Hall–Kier alpha value is -3.07. The second-order valence-corrected chi connectivity index (χ2v) is 7.11. The van der Waals surface area contributed by atoms with Crippen LogP contribution in [0.4, 0.5) is 0 Å². The molecule has 0 aliphatic heterocycles. The van der Waals surface area contributed by atoms with E-state index in [4.69, 9.17) is 5.73 Å². The normalized spacial score (nSPS) is 15.0. The van der Waals surface area contributed by atoms with Gasteiger partial charge in [0.2, 0.25) is 5.91 Å². The summed E-state index contributed by atoms with van der Waals surface area (Å²) in [6.07, 6.45) is 2.32. The van der Waals surface area contributed by atoms with Crippen LogP contribution in [0.25, 0.3) is 5.69 Å². The Bertz CT molecular complexity index is 949. The fourth-order valence-electron chi connectivity index (χ4n) is 3.33. The van der Waals surface area contributed by atoms with Gasteiger partial charge in [0.05, 0.1) is 5.69 Å². The minimum Gasteiger partial charge on any atom is -0.364 e. The number of nitrogens with zero attached hydrogens (tertiary/aromatic N) is 3. The van der Waals surface area contributed by atoms with Crippen molar-refractivity contribution in [2.45, 2.75) is 33.1 Å². The molecule has 2 aromatic rings. The van der Waals surface area contributed by atoms with Gasteiger partial charge in [-0.05, 0) is 37.0 Å². The zero-order valence-corrected chi connectivity index (χ0v) is 16.0. The van der Waals surface area contributed by atoms with E-state index in [1.807, 2.05) is 28.9 Å². The summed E-state index contributed by atoms with van der Waals surface area (Å²) < 4.78 is 1.83. The van der Waals surface area contributed by atoms with Crippen LogP contribution in [-0.4, -0.2) is 40.1 Å². The summed E-state index contributed by atoms with van der Waals surface area (Å²) in [5.74, 6) is 6.26. The molecule has 0 spiro atoms. The molecule has 2 N–H and O–H groups in total. The van der Waals surface area contributed by atoms with Crippen LogP contribution >= 0.6 is 0 Å². The van der Waals surface area contributed by atoms with Crippen LogP contribution < -0.4 is 5.73 Å². The number of primary amides is 1. The predicted molar refractivity (Wildman–Crippen MR) is 103 cm³/mol. The van der Waals surface area contributed by atoms with Gasteiger partial charge in [0.1, 0.15) is 0 Å². The summed E-state index contributed by atoms with van der Waals surface area (Å²) in [7, 11) is 1.76. The van der Waals surface area contributed by atoms with Crippen molar-refractivity contribution in [1.82, 2.24) is 14.7 Å². The molecule has 0 saturated carbocycles. The lowest BCUT2D eigenvalue weighted by atomic mass is 10.1. The van der Waals surface area contributed by atoms with Crippen LogP contribution in [0.15, 0.2) is 24.3 Å². The molecule has 0 fully saturated rings. The highest BCUT2D eigenvalue weighted by Gasteiger charge is 2.29. The zero-order chi connectivity index (χ0) is 19.6. The van der Waals surface area contributed by atoms with Crippen molar-refractivity contribution >= 4 is 11.8 Å². The van der Waals surface area contributed by atoms with Gasteiger partial charge >= 0.3 is 0 Å². The van der Waals surface area contributed by atoms with E-state index in [2.05, 4.69) is 23.9 Å². The van der Waals surface area contributed by atoms with E-state index in [1.54, 1.807) is 18.9 Å². The fourth-order valence-corrected chi connectivity index (χ4v) is 3.33. The first-order valence-electron chi connectivity index (χ1n) is 9.08. The maximum absolute atomic E-state index is 11.8. The summed E-state index contributed by atoms with van der Waals surface area (Å²) in [4.78, 5) is 24.6. The summed E-state index contributed by atoms with van der Waals surface area (Å²) >= 11 is 0. The lowest BCUT2D eigenvalue weighted by Crippen LogP contribution is -2.24. The Labute approximate surface area is 159 Å². The van der Waals surface area contributed by atoms with Gasteiger partial charge in [0.25, 0.3) is 5.91 Å². The number of benzene rings is 1. The smallest absolute Gasteiger partial charge is 0.269 e. The number of amides is 2. The molecule has 2 amide bonds. The monoisotopic (exact) mass is 364 g/mol. The van der Waals surface area contributed by atoms with E-state index in [-0.39, 0.29) is 5.91 Å². The molecule has 27 heavy (non-hydrogen) atoms. The topological polar surface area (TPSA) is 81.2 Å². The highest BCUT2D eigenvalue weighted by atomic mass is 16.2. The van der Waals surface area contributed by atoms with Crippen molar-refractivity contribution in [3.63, 3.8) is 0 Å². The number of carbonyl (C=O) groups excluding carboxylic acids is 2. The fraction of sp³-hybridized carbons (Fsp3) is 0.381. The molecule has 1 aromatic heterocycles. The Morgan fingerprint density at radius 2 is 2.15 bits per heavy atom. The molecule has 1 aliphatic carbocycles. The number of fused-ring (bicyclic) bond motifs is 1. The molecular formula is C21H24N4O2. The number of hydrogen-bond acceptors (Lipinski definition) is 3. The molecule has 0 bridgehead atoms. The first-order valence-corrected chi connectivity index (χ1v) is 9.08. The van der Waals surface area contributed by atoms with Gasteiger partial charge in [-0.3, -0.25) is 9.59 Å². The zero-order valence-electron chi connectivity index (χ0n) is 16.0. The third-order valence-electron chi connectivity index (χ3n) is 4.85. The first kappa shape index (κ1) is 18.7. The van der Waals surface area contributed by atoms with Crippen LogP contribution in [0.5, 0.6) is 0 Å². The quantitative estimate of drug-likeness (QED) is 0.842. The van der Waals surface area contributed by atoms with Crippen LogP contribution in [-0.2, 0) is 17.6 Å². The van der Waals surface area contributed by atoms with Crippen molar-refractivity contribution in [3.05, 3.63) is 46.8 Å². The minimum absolute atomic E-state index is 0.0332. The molecular weight excluding hydrogens is 340 g/mol. The molecule has 140 valence electrons. The molecule has 0 unspecified atom stereocenters. The number of hydrogen-bond donors (Lipinski definition) is 1. The van der Waals surface area contributed by atoms with Crippen LogP contribution in [0.3, 0.4) is 0 Å². The van der Waals surface area contributed by atoms with Gasteiger partial charge in [-0.25, -0.2) is 4.68 Å². The van der Waals surface area contributed by atoms with Gasteiger partial charge in [0.15, 0.2) is 5.69 Å². The van der Waals surface area contributed by atoms with Crippen molar-refractivity contribution in [1.29, 1.82) is 0 Å². The molecule has 3 rings (SSSR count). The largest absolute Gasteiger partial charge is 0.364 e. The molecule has 1 heterocycles. The Morgan fingerprint density at radius 3 is 2.85 bits per heavy atom. The molecule has 1 atom stereocenters. The van der Waals surface area contributed by atoms with Gasteiger partial charge in [-0.2, -0.15) is 5.10 Å². The van der Waals surface area contributed by atoms with E-state index in [0.29, 0.717) is 24.6 Å². The maximum atomic E-state index is 11.8. The number of rotatable bonds is 4. The van der Waals surface area contributed by atoms with E-state index in [1.165, 1.54) is 0 Å². The van der Waals surface area contributed by atoms with Gasteiger partial charge in [0, 0.05) is 43.8 Å². The van der Waals surface area contributed by atoms with Crippen molar-refractivity contribution < 1.29 is 9.59 Å². The summed E-state index contributed by atoms with van der Waals surface area (Å²) in [5, 5.41) is 4.47. The van der Waals surface area contributed by atoms with Gasteiger partial charge in [-0.15, -0.1) is 0 Å². The van der Waals surface area contributed by atoms with Crippen LogP contribution in [0.2, 0.25) is 0 Å². The molecule has 6 nitrogen and oxygen atoms in total. The van der Waals surface area contributed by atoms with E-state index < -0.39 is 5.91 Å². The Morgan fingerprint density at radius 1 is 1.37 bits per heavy atom. The first-order chi connectivity index (χ1) is 12.9. The second-order valence-electron chi connectivity index (χ2n) is 7.11. The molecule has 1 aliphatic rings. The van der Waals surface area contributed by atoms with Crippen LogP contribution in [0.1, 0.15) is 47.6 Å². The Balaban J connectivity index is 1.84. The van der Waals surface area contributed by atoms with Crippen LogP contribution in [0, 0.1) is 17.8 Å². The van der Waals surface area contributed by atoms with Crippen molar-refractivity contribution in [3.8, 4) is 17.5 Å². The number of aromatic nitrogens is 2. The lowest BCUT2D eigenvalue weighted by Gasteiger charge is -2.11. The number of carbonyl (C=O) groups is 2. The average Bonchev–Trinajstić information content (AvgIpc) is 3.15. The average molecular weight is 364 g/mol. The molecule has 0 saturated heterocycles. The summed E-state index contributed by atoms with van der Waals surface area (Å²) in [6.45, 7) is 4.31. The maximum Gasteiger partial charge on any atom is 0.269 e. The van der Waals surface area contributed by atoms with E-state index in [0.717, 1.165) is 35.3 Å². The third-order valence-corrected chi connectivity index (χ3v) is 4.85. The molecule has 6 heteroatoms. The van der Waals surface area contributed by atoms with Crippen molar-refractivity contribution in [2.24, 2.45) is 11.7 Å². The lowest BCUT2D eigenvalue weighted by molar-refractivity contribution is -0.127. The summed E-state index contributed by atoms with van der Waals surface area (Å²) in [6, 6.07) is 7.78. The van der Waals surface area contributed by atoms with Crippen molar-refractivity contribution in [2.75, 3.05) is 13.6 Å².